The molecule has 0 aromatic rings. The fraction of sp³-hybridized carbons (Fsp3) is 0.909. The van der Waals surface area contributed by atoms with Gasteiger partial charge in [0.25, 0.3) is 0 Å². The lowest BCUT2D eigenvalue weighted by Crippen LogP contribution is -2.44. The van der Waals surface area contributed by atoms with Crippen molar-refractivity contribution in [2.24, 2.45) is 11.8 Å². The first kappa shape index (κ1) is 13.3. The second-order valence-corrected chi connectivity index (χ2v) is 4.57. The van der Waals surface area contributed by atoms with Gasteiger partial charge in [0.05, 0.1) is 0 Å². The molecule has 1 rings (SSSR count). The third-order valence-corrected chi connectivity index (χ3v) is 3.34. The van der Waals surface area contributed by atoms with E-state index in [-0.39, 0.29) is 0 Å². The Balaban J connectivity index is 2.52. The summed E-state index contributed by atoms with van der Waals surface area (Å²) >= 11 is 0. The average molecular weight is 237 g/mol. The van der Waals surface area contributed by atoms with Gasteiger partial charge in [-0.3, -0.25) is 4.79 Å². The zero-order valence-electron chi connectivity index (χ0n) is 9.68. The quantitative estimate of drug-likeness (QED) is 0.723. The van der Waals surface area contributed by atoms with E-state index in [4.69, 9.17) is 0 Å². The van der Waals surface area contributed by atoms with E-state index >= 15 is 0 Å². The monoisotopic (exact) mass is 237 g/mol. The lowest BCUT2D eigenvalue weighted by Gasteiger charge is -2.36. The first-order valence-electron chi connectivity index (χ1n) is 5.68. The van der Waals surface area contributed by atoms with E-state index in [2.05, 4.69) is 6.92 Å². The van der Waals surface area contributed by atoms with E-state index in [1.54, 1.807) is 0 Å². The molecule has 1 fully saturated rings. The highest BCUT2D eigenvalue weighted by Crippen LogP contribution is 2.28. The minimum Gasteiger partial charge on any atom is -0.342 e. The Kier molecular flexibility index (Phi) is 4.21. The highest BCUT2D eigenvalue weighted by molar-refractivity contribution is 5.76. The van der Waals surface area contributed by atoms with Crippen molar-refractivity contribution < 1.29 is 18.0 Å². The van der Waals surface area contributed by atoms with Crippen LogP contribution in [0.25, 0.3) is 0 Å². The maximum absolute atomic E-state index is 12.1. The highest BCUT2D eigenvalue weighted by atomic mass is 19.4. The molecule has 2 nitrogen and oxygen atoms in total. The first-order valence-corrected chi connectivity index (χ1v) is 5.68. The second-order valence-electron chi connectivity index (χ2n) is 4.57. The van der Waals surface area contributed by atoms with E-state index in [1.165, 1.54) is 4.90 Å². The maximum atomic E-state index is 12.1. The number of piperidine rings is 1. The normalized spacial score (nSPS) is 26.9. The Morgan fingerprint density at radius 2 is 2.06 bits per heavy atom. The molecule has 1 saturated heterocycles. The van der Waals surface area contributed by atoms with Crippen LogP contribution < -0.4 is 0 Å². The first-order chi connectivity index (χ1) is 7.33. The number of carbonyl (C=O) groups excluding carboxylic acids is 1. The third kappa shape index (κ3) is 3.68. The second kappa shape index (κ2) is 5.06. The smallest absolute Gasteiger partial charge is 0.342 e. The van der Waals surface area contributed by atoms with Gasteiger partial charge in [0, 0.05) is 13.1 Å². The van der Waals surface area contributed by atoms with Crippen LogP contribution in [-0.2, 0) is 4.79 Å². The summed E-state index contributed by atoms with van der Waals surface area (Å²) in [4.78, 5) is 12.8. The standard InChI is InChI=1S/C11H18F3NO/c1-3-9-7-15(5-4-8(9)2)10(16)6-11(12,13)14/h8-9H,3-7H2,1-2H3/t8-,9-/m1/s1. The Labute approximate surface area is 93.8 Å². The van der Waals surface area contributed by atoms with E-state index in [0.717, 1.165) is 12.8 Å². The van der Waals surface area contributed by atoms with Crippen LogP contribution in [0.1, 0.15) is 33.1 Å². The molecule has 5 heteroatoms. The number of nitrogens with zero attached hydrogens (tertiary/aromatic N) is 1. The average Bonchev–Trinajstić information content (AvgIpc) is 2.15. The van der Waals surface area contributed by atoms with E-state index in [9.17, 15) is 18.0 Å². The van der Waals surface area contributed by atoms with Crippen LogP contribution in [0, 0.1) is 11.8 Å². The third-order valence-electron chi connectivity index (χ3n) is 3.34. The molecule has 0 aromatic carbocycles. The maximum Gasteiger partial charge on any atom is 0.397 e. The van der Waals surface area contributed by atoms with Gasteiger partial charge in [-0.1, -0.05) is 20.3 Å². The van der Waals surface area contributed by atoms with Gasteiger partial charge in [0.15, 0.2) is 0 Å². The largest absolute Gasteiger partial charge is 0.397 e. The molecule has 0 aliphatic carbocycles. The van der Waals surface area contributed by atoms with Gasteiger partial charge in [0.2, 0.25) is 5.91 Å². The van der Waals surface area contributed by atoms with Crippen molar-refractivity contribution in [2.75, 3.05) is 13.1 Å². The molecule has 94 valence electrons. The molecule has 0 unspecified atom stereocenters. The van der Waals surface area contributed by atoms with Crippen LogP contribution in [0.5, 0.6) is 0 Å². The molecule has 0 spiro atoms. The summed E-state index contributed by atoms with van der Waals surface area (Å²) in [5, 5.41) is 0. The molecule has 16 heavy (non-hydrogen) atoms. The SMILES string of the molecule is CC[C@@H]1CN(C(=O)CC(F)(F)F)CC[C@H]1C. The van der Waals surface area contributed by atoms with E-state index in [0.29, 0.717) is 24.9 Å². The lowest BCUT2D eigenvalue weighted by atomic mass is 9.85. The number of carbonyl (C=O) groups is 1. The summed E-state index contributed by atoms with van der Waals surface area (Å²) < 4.78 is 36.2. The van der Waals surface area contributed by atoms with E-state index < -0.39 is 18.5 Å². The minimum absolute atomic E-state index is 0.339. The number of alkyl halides is 3. The Hall–Kier alpha value is -0.740. The number of rotatable bonds is 2. The number of hydrogen-bond donors (Lipinski definition) is 0. The predicted octanol–water partition coefficient (Wildman–Crippen LogP) is 2.83. The fourth-order valence-corrected chi connectivity index (χ4v) is 2.19. The molecule has 1 amide bonds. The van der Waals surface area contributed by atoms with Crippen molar-refractivity contribution in [2.45, 2.75) is 39.3 Å². The Morgan fingerprint density at radius 3 is 2.56 bits per heavy atom. The molecule has 1 heterocycles. The molecule has 0 aromatic heterocycles. The van der Waals surface area contributed by atoms with Gasteiger partial charge in [-0.15, -0.1) is 0 Å². The molecular weight excluding hydrogens is 219 g/mol. The predicted molar refractivity (Wildman–Crippen MR) is 54.8 cm³/mol. The Morgan fingerprint density at radius 1 is 1.44 bits per heavy atom. The van der Waals surface area contributed by atoms with Crippen LogP contribution >= 0.6 is 0 Å². The van der Waals surface area contributed by atoms with Gasteiger partial charge < -0.3 is 4.90 Å². The molecule has 0 bridgehead atoms. The summed E-state index contributed by atoms with van der Waals surface area (Å²) in [5.41, 5.74) is 0. The van der Waals surface area contributed by atoms with Gasteiger partial charge in [-0.2, -0.15) is 13.2 Å². The van der Waals surface area contributed by atoms with Crippen LogP contribution in [0.4, 0.5) is 13.2 Å². The van der Waals surface area contributed by atoms with Gasteiger partial charge in [-0.25, -0.2) is 0 Å². The van der Waals surface area contributed by atoms with Crippen molar-refractivity contribution in [3.63, 3.8) is 0 Å². The molecule has 2 atom stereocenters. The number of likely N-dealkylation sites (tertiary alicyclic amines) is 1. The fourth-order valence-electron chi connectivity index (χ4n) is 2.19. The van der Waals surface area contributed by atoms with Crippen molar-refractivity contribution in [1.82, 2.24) is 4.90 Å². The summed E-state index contributed by atoms with van der Waals surface area (Å²) in [6.45, 7) is 5.05. The van der Waals surface area contributed by atoms with Crippen molar-refractivity contribution in [3.8, 4) is 0 Å². The summed E-state index contributed by atoms with van der Waals surface area (Å²) in [5.74, 6) is 0.0590. The lowest BCUT2D eigenvalue weighted by molar-refractivity contribution is -0.163. The zero-order chi connectivity index (χ0) is 12.3. The minimum atomic E-state index is -4.39. The van der Waals surface area contributed by atoms with Crippen molar-refractivity contribution >= 4 is 5.91 Å². The topological polar surface area (TPSA) is 20.3 Å². The molecular formula is C11H18F3NO. The van der Waals surface area contributed by atoms with Gasteiger partial charge in [0.1, 0.15) is 6.42 Å². The van der Waals surface area contributed by atoms with Crippen LogP contribution in [0.15, 0.2) is 0 Å². The van der Waals surface area contributed by atoms with Crippen LogP contribution in [0.2, 0.25) is 0 Å². The number of hydrogen-bond acceptors (Lipinski definition) is 1. The Bertz CT molecular complexity index is 252. The molecule has 0 radical (unpaired) electrons. The van der Waals surface area contributed by atoms with Crippen molar-refractivity contribution in [1.29, 1.82) is 0 Å². The van der Waals surface area contributed by atoms with E-state index in [1.807, 2.05) is 6.92 Å². The summed E-state index contributed by atoms with van der Waals surface area (Å²) in [6, 6.07) is 0. The molecule has 1 aliphatic rings. The van der Waals surface area contributed by atoms with Crippen molar-refractivity contribution in [3.05, 3.63) is 0 Å². The number of halogens is 3. The molecule has 1 aliphatic heterocycles. The summed E-state index contributed by atoms with van der Waals surface area (Å²) in [6.07, 6.45) is -3.99. The van der Waals surface area contributed by atoms with Crippen LogP contribution in [-0.4, -0.2) is 30.1 Å². The van der Waals surface area contributed by atoms with Gasteiger partial charge in [-0.05, 0) is 18.3 Å². The summed E-state index contributed by atoms with van der Waals surface area (Å²) in [7, 11) is 0. The highest BCUT2D eigenvalue weighted by Gasteiger charge is 2.35. The van der Waals surface area contributed by atoms with Gasteiger partial charge >= 0.3 is 6.18 Å². The molecule has 0 N–H and O–H groups in total. The number of amides is 1. The van der Waals surface area contributed by atoms with Crippen LogP contribution in [0.3, 0.4) is 0 Å². The molecule has 0 saturated carbocycles. The zero-order valence-corrected chi connectivity index (χ0v) is 9.68.